The van der Waals surface area contributed by atoms with Crippen molar-refractivity contribution in [3.8, 4) is 0 Å². The van der Waals surface area contributed by atoms with Crippen LogP contribution in [0.4, 0.5) is 0 Å². The van der Waals surface area contributed by atoms with Gasteiger partial charge in [-0.15, -0.1) is 0 Å². The van der Waals surface area contributed by atoms with E-state index in [9.17, 15) is 9.59 Å². The molecular weight excluding hydrogens is 278 g/mol. The molecule has 1 amide bonds. The minimum atomic E-state index is -0.144. The van der Waals surface area contributed by atoms with E-state index < -0.39 is 0 Å². The predicted molar refractivity (Wildman–Crippen MR) is 89.4 cm³/mol. The fraction of sp³-hybridized carbons (Fsp3) is 0.412. The van der Waals surface area contributed by atoms with Gasteiger partial charge in [0, 0.05) is 42.2 Å². The van der Waals surface area contributed by atoms with Crippen molar-refractivity contribution < 1.29 is 4.79 Å². The zero-order valence-corrected chi connectivity index (χ0v) is 13.4. The predicted octanol–water partition coefficient (Wildman–Crippen LogP) is 1.91. The van der Waals surface area contributed by atoms with Crippen molar-refractivity contribution in [3.05, 3.63) is 45.7 Å². The maximum absolute atomic E-state index is 12.6. The van der Waals surface area contributed by atoms with Crippen LogP contribution in [0.3, 0.4) is 0 Å². The van der Waals surface area contributed by atoms with E-state index in [4.69, 9.17) is 0 Å². The summed E-state index contributed by atoms with van der Waals surface area (Å²) in [5.41, 5.74) is 2.08. The van der Waals surface area contributed by atoms with Crippen LogP contribution in [0.1, 0.15) is 29.8 Å². The van der Waals surface area contributed by atoms with Crippen LogP contribution < -0.4 is 10.9 Å². The average molecular weight is 301 g/mol. The number of amides is 1. The normalized spacial score (nSPS) is 10.9. The second-order valence-corrected chi connectivity index (χ2v) is 5.32. The van der Waals surface area contributed by atoms with Gasteiger partial charge in [0.2, 0.25) is 5.56 Å². The van der Waals surface area contributed by atoms with Crippen molar-refractivity contribution in [2.24, 2.45) is 0 Å². The molecule has 1 aromatic carbocycles. The SMILES string of the molecule is CCNCCN(CC)C(=O)c1ccc2c(C)cc(=O)[nH]c2c1. The maximum Gasteiger partial charge on any atom is 0.253 e. The number of pyridine rings is 1. The van der Waals surface area contributed by atoms with Crippen molar-refractivity contribution in [1.29, 1.82) is 0 Å². The minimum absolute atomic E-state index is 0.00958. The van der Waals surface area contributed by atoms with Gasteiger partial charge in [0.05, 0.1) is 0 Å². The van der Waals surface area contributed by atoms with Crippen molar-refractivity contribution in [3.63, 3.8) is 0 Å². The molecular formula is C17H23N3O2. The Balaban J connectivity index is 2.29. The number of nitrogens with zero attached hydrogens (tertiary/aromatic N) is 1. The number of carbonyl (C=O) groups is 1. The van der Waals surface area contributed by atoms with Crippen LogP contribution in [0.5, 0.6) is 0 Å². The third-order valence-electron chi connectivity index (χ3n) is 3.77. The molecule has 0 saturated heterocycles. The Labute approximate surface area is 130 Å². The molecule has 0 aliphatic carbocycles. The number of aromatic amines is 1. The molecule has 1 aromatic heterocycles. The van der Waals surface area contributed by atoms with Gasteiger partial charge in [0.1, 0.15) is 0 Å². The lowest BCUT2D eigenvalue weighted by Crippen LogP contribution is -2.36. The summed E-state index contributed by atoms with van der Waals surface area (Å²) in [4.78, 5) is 28.8. The van der Waals surface area contributed by atoms with E-state index in [0.29, 0.717) is 24.2 Å². The summed E-state index contributed by atoms with van der Waals surface area (Å²) in [7, 11) is 0. The van der Waals surface area contributed by atoms with E-state index in [-0.39, 0.29) is 11.5 Å². The average Bonchev–Trinajstić information content (AvgIpc) is 2.50. The van der Waals surface area contributed by atoms with Gasteiger partial charge in [0.25, 0.3) is 5.91 Å². The molecule has 0 aliphatic rings. The minimum Gasteiger partial charge on any atom is -0.338 e. The number of benzene rings is 1. The largest absolute Gasteiger partial charge is 0.338 e. The molecule has 1 heterocycles. The topological polar surface area (TPSA) is 65.2 Å². The Bertz CT molecular complexity index is 721. The highest BCUT2D eigenvalue weighted by atomic mass is 16.2. The van der Waals surface area contributed by atoms with Gasteiger partial charge in [-0.05, 0) is 38.1 Å². The van der Waals surface area contributed by atoms with Gasteiger partial charge in [-0.25, -0.2) is 0 Å². The van der Waals surface area contributed by atoms with Gasteiger partial charge < -0.3 is 15.2 Å². The molecule has 0 saturated carbocycles. The summed E-state index contributed by atoms with van der Waals surface area (Å²) >= 11 is 0. The third-order valence-corrected chi connectivity index (χ3v) is 3.77. The molecule has 2 N–H and O–H groups in total. The quantitative estimate of drug-likeness (QED) is 0.801. The molecule has 0 radical (unpaired) electrons. The molecule has 5 heteroatoms. The fourth-order valence-corrected chi connectivity index (χ4v) is 2.54. The maximum atomic E-state index is 12.6. The van der Waals surface area contributed by atoms with E-state index in [1.807, 2.05) is 32.9 Å². The lowest BCUT2D eigenvalue weighted by atomic mass is 10.1. The molecule has 118 valence electrons. The molecule has 0 aliphatic heterocycles. The number of hydrogen-bond donors (Lipinski definition) is 2. The molecule has 5 nitrogen and oxygen atoms in total. The first-order valence-corrected chi connectivity index (χ1v) is 7.70. The van der Waals surface area contributed by atoms with E-state index in [2.05, 4.69) is 10.3 Å². The smallest absolute Gasteiger partial charge is 0.253 e. The summed E-state index contributed by atoms with van der Waals surface area (Å²) in [5, 5.41) is 4.19. The molecule has 0 fully saturated rings. The number of rotatable bonds is 6. The molecule has 2 rings (SSSR count). The second-order valence-electron chi connectivity index (χ2n) is 5.32. The Kier molecular flexibility index (Phi) is 5.33. The van der Waals surface area contributed by atoms with Gasteiger partial charge in [0.15, 0.2) is 0 Å². The molecule has 0 spiro atoms. The first-order valence-electron chi connectivity index (χ1n) is 7.70. The highest BCUT2D eigenvalue weighted by Gasteiger charge is 2.14. The summed E-state index contributed by atoms with van der Waals surface area (Å²) < 4.78 is 0. The molecule has 0 atom stereocenters. The van der Waals surface area contributed by atoms with Gasteiger partial charge in [-0.1, -0.05) is 13.0 Å². The number of likely N-dealkylation sites (N-methyl/N-ethyl adjacent to an activating group) is 2. The fourth-order valence-electron chi connectivity index (χ4n) is 2.54. The Morgan fingerprint density at radius 2 is 2.05 bits per heavy atom. The van der Waals surface area contributed by atoms with E-state index >= 15 is 0 Å². The lowest BCUT2D eigenvalue weighted by molar-refractivity contribution is 0.0766. The van der Waals surface area contributed by atoms with Gasteiger partial charge >= 0.3 is 0 Å². The Morgan fingerprint density at radius 3 is 2.73 bits per heavy atom. The first-order chi connectivity index (χ1) is 10.6. The zero-order valence-electron chi connectivity index (χ0n) is 13.4. The van der Waals surface area contributed by atoms with Crippen LogP contribution in [-0.4, -0.2) is 42.0 Å². The van der Waals surface area contributed by atoms with Crippen LogP contribution in [-0.2, 0) is 0 Å². The third kappa shape index (κ3) is 3.54. The van der Waals surface area contributed by atoms with Crippen molar-refractivity contribution in [2.75, 3.05) is 26.2 Å². The van der Waals surface area contributed by atoms with Gasteiger partial charge in [-0.2, -0.15) is 0 Å². The summed E-state index contributed by atoms with van der Waals surface area (Å²) in [6.45, 7) is 8.91. The van der Waals surface area contributed by atoms with Crippen LogP contribution >= 0.6 is 0 Å². The van der Waals surface area contributed by atoms with Gasteiger partial charge in [-0.3, -0.25) is 9.59 Å². The Morgan fingerprint density at radius 1 is 1.27 bits per heavy atom. The van der Waals surface area contributed by atoms with Crippen LogP contribution in [0.25, 0.3) is 10.9 Å². The van der Waals surface area contributed by atoms with Crippen LogP contribution in [0.2, 0.25) is 0 Å². The van der Waals surface area contributed by atoms with Crippen molar-refractivity contribution in [2.45, 2.75) is 20.8 Å². The number of aromatic nitrogens is 1. The number of nitrogens with one attached hydrogen (secondary N) is 2. The second kappa shape index (κ2) is 7.22. The van der Waals surface area contributed by atoms with Crippen molar-refractivity contribution in [1.82, 2.24) is 15.2 Å². The summed E-state index contributed by atoms with van der Waals surface area (Å²) in [6, 6.07) is 7.05. The molecule has 0 unspecified atom stereocenters. The lowest BCUT2D eigenvalue weighted by Gasteiger charge is -2.21. The van der Waals surface area contributed by atoms with Crippen LogP contribution in [0, 0.1) is 6.92 Å². The van der Waals surface area contributed by atoms with Crippen LogP contribution in [0.15, 0.2) is 29.1 Å². The number of fused-ring (bicyclic) bond motifs is 1. The number of aryl methyl sites for hydroxylation is 1. The number of H-pyrrole nitrogens is 1. The van der Waals surface area contributed by atoms with E-state index in [1.165, 1.54) is 0 Å². The molecule has 0 bridgehead atoms. The highest BCUT2D eigenvalue weighted by molar-refractivity contribution is 5.98. The standard InChI is InChI=1S/C17H23N3O2/c1-4-18-8-9-20(5-2)17(22)13-6-7-14-12(3)10-16(21)19-15(14)11-13/h6-7,10-11,18H,4-5,8-9H2,1-3H3,(H,19,21). The summed E-state index contributed by atoms with van der Waals surface area (Å²) in [6.07, 6.45) is 0. The highest BCUT2D eigenvalue weighted by Crippen LogP contribution is 2.17. The van der Waals surface area contributed by atoms with Crippen molar-refractivity contribution >= 4 is 16.8 Å². The Hall–Kier alpha value is -2.14. The number of carbonyl (C=O) groups excluding carboxylic acids is 1. The first kappa shape index (κ1) is 16.2. The van der Waals surface area contributed by atoms with E-state index in [1.54, 1.807) is 17.0 Å². The monoisotopic (exact) mass is 301 g/mol. The molecule has 2 aromatic rings. The van der Waals surface area contributed by atoms with E-state index in [0.717, 1.165) is 24.0 Å². The number of hydrogen-bond acceptors (Lipinski definition) is 3. The zero-order chi connectivity index (χ0) is 16.1. The summed E-state index contributed by atoms with van der Waals surface area (Å²) in [5.74, 6) is -0.00958. The molecule has 22 heavy (non-hydrogen) atoms.